The molecule has 1 aromatic carbocycles. The predicted molar refractivity (Wildman–Crippen MR) is 103 cm³/mol. The van der Waals surface area contributed by atoms with Crippen molar-refractivity contribution in [2.24, 2.45) is 7.05 Å². The minimum atomic E-state index is -0.155. The Bertz CT molecular complexity index is 1090. The summed E-state index contributed by atoms with van der Waals surface area (Å²) in [4.78, 5) is 31.8. The van der Waals surface area contributed by atoms with Crippen LogP contribution < -0.4 is 10.4 Å². The number of halogens is 1. The van der Waals surface area contributed by atoms with Gasteiger partial charge >= 0.3 is 5.69 Å². The van der Waals surface area contributed by atoms with Gasteiger partial charge in [0.2, 0.25) is 0 Å². The molecular weight excluding hydrogens is 368 g/mol. The Hall–Kier alpha value is -2.80. The molecule has 1 saturated heterocycles. The number of aryl methyl sites for hydroxylation is 1. The quantitative estimate of drug-likeness (QED) is 0.693. The van der Waals surface area contributed by atoms with Crippen molar-refractivity contribution >= 4 is 28.7 Å². The highest BCUT2D eigenvalue weighted by molar-refractivity contribution is 6.31. The van der Waals surface area contributed by atoms with E-state index in [9.17, 15) is 9.59 Å². The molecule has 8 heteroatoms. The Morgan fingerprint density at radius 3 is 2.93 bits per heavy atom. The first kappa shape index (κ1) is 17.6. The first-order valence-corrected chi connectivity index (χ1v) is 9.04. The molecule has 0 N–H and O–H groups in total. The Labute approximate surface area is 160 Å². The summed E-state index contributed by atoms with van der Waals surface area (Å²) in [6, 6.07) is 8.54. The van der Waals surface area contributed by atoms with Crippen molar-refractivity contribution in [3.8, 4) is 5.75 Å². The van der Waals surface area contributed by atoms with Gasteiger partial charge in [-0.15, -0.1) is 0 Å². The van der Waals surface area contributed by atoms with Gasteiger partial charge in [0.25, 0.3) is 5.91 Å². The number of amides is 1. The highest BCUT2D eigenvalue weighted by Gasteiger charge is 2.32. The van der Waals surface area contributed by atoms with Gasteiger partial charge in [0.05, 0.1) is 24.2 Å². The second-order valence-electron chi connectivity index (χ2n) is 6.60. The highest BCUT2D eigenvalue weighted by Crippen LogP contribution is 2.29. The summed E-state index contributed by atoms with van der Waals surface area (Å²) in [6.45, 7) is 0.985. The molecule has 7 nitrogen and oxygen atoms in total. The monoisotopic (exact) mass is 386 g/mol. The molecule has 0 saturated carbocycles. The van der Waals surface area contributed by atoms with Crippen molar-refractivity contribution in [3.05, 3.63) is 57.6 Å². The number of hydrogen-bond acceptors (Lipinski definition) is 4. The first-order chi connectivity index (χ1) is 13.0. The second-order valence-corrected chi connectivity index (χ2v) is 7.03. The van der Waals surface area contributed by atoms with Crippen LogP contribution >= 0.6 is 11.6 Å². The zero-order valence-electron chi connectivity index (χ0n) is 15.1. The molecule has 0 spiro atoms. The lowest BCUT2D eigenvalue weighted by atomic mass is 10.1. The van der Waals surface area contributed by atoms with E-state index in [2.05, 4.69) is 4.98 Å². The number of carbonyl (C=O) groups is 1. The molecule has 0 aliphatic carbocycles. The van der Waals surface area contributed by atoms with Crippen molar-refractivity contribution in [2.45, 2.75) is 12.5 Å². The van der Waals surface area contributed by atoms with Crippen molar-refractivity contribution in [1.82, 2.24) is 19.0 Å². The van der Waals surface area contributed by atoms with E-state index in [1.807, 2.05) is 12.1 Å². The lowest BCUT2D eigenvalue weighted by Crippen LogP contribution is -2.32. The average molecular weight is 387 g/mol. The lowest BCUT2D eigenvalue weighted by Gasteiger charge is -2.18. The molecule has 1 fully saturated rings. The molecular formula is C19H19ClN4O3. The Kier molecular flexibility index (Phi) is 4.39. The fraction of sp³-hybridized carbons (Fsp3) is 0.316. The molecule has 27 heavy (non-hydrogen) atoms. The van der Waals surface area contributed by atoms with Crippen LogP contribution in [0.2, 0.25) is 5.02 Å². The maximum absolute atomic E-state index is 13.0. The van der Waals surface area contributed by atoms with Crippen LogP contribution in [-0.4, -0.2) is 45.1 Å². The summed E-state index contributed by atoms with van der Waals surface area (Å²) >= 11 is 6.06. The van der Waals surface area contributed by atoms with Gasteiger partial charge in [0, 0.05) is 31.4 Å². The molecule has 2 aromatic heterocycles. The van der Waals surface area contributed by atoms with Crippen LogP contribution in [0.1, 0.15) is 22.8 Å². The Morgan fingerprint density at radius 1 is 1.33 bits per heavy atom. The molecule has 0 bridgehead atoms. The number of methoxy groups -OCH3 is 1. The van der Waals surface area contributed by atoms with Crippen LogP contribution in [0.3, 0.4) is 0 Å². The summed E-state index contributed by atoms with van der Waals surface area (Å²) < 4.78 is 8.58. The van der Waals surface area contributed by atoms with Crippen molar-refractivity contribution in [1.29, 1.82) is 0 Å². The van der Waals surface area contributed by atoms with E-state index in [1.165, 1.54) is 7.11 Å². The van der Waals surface area contributed by atoms with E-state index < -0.39 is 0 Å². The first-order valence-electron chi connectivity index (χ1n) is 8.66. The minimum Gasteiger partial charge on any atom is -0.496 e. The number of fused-ring (bicyclic) bond motifs is 1. The number of pyridine rings is 1. The van der Waals surface area contributed by atoms with Gasteiger partial charge in [-0.05, 0) is 36.8 Å². The van der Waals surface area contributed by atoms with E-state index in [0.717, 1.165) is 5.52 Å². The van der Waals surface area contributed by atoms with Crippen LogP contribution in [0.25, 0.3) is 11.2 Å². The summed E-state index contributed by atoms with van der Waals surface area (Å²) in [5.74, 6) is 0.329. The fourth-order valence-electron chi connectivity index (χ4n) is 3.67. The number of carbonyl (C=O) groups excluding carboxylic acids is 1. The third-order valence-corrected chi connectivity index (χ3v) is 5.29. The number of benzene rings is 1. The Balaban J connectivity index is 1.65. The molecule has 140 valence electrons. The number of likely N-dealkylation sites (tertiary alicyclic amines) is 1. The SMILES string of the molecule is COc1ccc(Cl)cc1C(=O)N1CC[C@@H](n2c(=O)n(C)c3cccnc32)C1. The molecule has 0 unspecified atom stereocenters. The topological polar surface area (TPSA) is 69.4 Å². The van der Waals surface area contributed by atoms with E-state index in [1.54, 1.807) is 45.5 Å². The molecule has 0 radical (unpaired) electrons. The summed E-state index contributed by atoms with van der Waals surface area (Å²) in [5, 5.41) is 0.476. The van der Waals surface area contributed by atoms with Gasteiger partial charge in [0.15, 0.2) is 5.65 Å². The van der Waals surface area contributed by atoms with Crippen molar-refractivity contribution in [2.75, 3.05) is 20.2 Å². The predicted octanol–water partition coefficient (Wildman–Crippen LogP) is 2.48. The second kappa shape index (κ2) is 6.74. The third kappa shape index (κ3) is 2.88. The molecule has 1 atom stereocenters. The minimum absolute atomic E-state index is 0.120. The zero-order valence-corrected chi connectivity index (χ0v) is 15.8. The van der Waals surface area contributed by atoms with Crippen molar-refractivity contribution < 1.29 is 9.53 Å². The largest absolute Gasteiger partial charge is 0.496 e. The van der Waals surface area contributed by atoms with Gasteiger partial charge in [-0.3, -0.25) is 13.9 Å². The number of rotatable bonds is 3. The summed E-state index contributed by atoms with van der Waals surface area (Å²) in [7, 11) is 3.26. The van der Waals surface area contributed by atoms with Gasteiger partial charge < -0.3 is 9.64 Å². The third-order valence-electron chi connectivity index (χ3n) is 5.06. The summed E-state index contributed by atoms with van der Waals surface area (Å²) in [5.41, 5.74) is 1.73. The van der Waals surface area contributed by atoms with Gasteiger partial charge in [-0.25, -0.2) is 9.78 Å². The number of ether oxygens (including phenoxy) is 1. The fourth-order valence-corrected chi connectivity index (χ4v) is 3.85. The van der Waals surface area contributed by atoms with Crippen molar-refractivity contribution in [3.63, 3.8) is 0 Å². The van der Waals surface area contributed by atoms with Gasteiger partial charge in [0.1, 0.15) is 5.75 Å². The van der Waals surface area contributed by atoms with E-state index in [4.69, 9.17) is 16.3 Å². The molecule has 4 rings (SSSR count). The zero-order chi connectivity index (χ0) is 19.1. The smallest absolute Gasteiger partial charge is 0.330 e. The number of aromatic nitrogens is 3. The van der Waals surface area contributed by atoms with Gasteiger partial charge in [-0.1, -0.05) is 11.6 Å². The van der Waals surface area contributed by atoms with Gasteiger partial charge in [-0.2, -0.15) is 0 Å². The Morgan fingerprint density at radius 2 is 2.15 bits per heavy atom. The molecule has 1 amide bonds. The van der Waals surface area contributed by atoms with Crippen LogP contribution in [0, 0.1) is 0 Å². The average Bonchev–Trinajstić information content (AvgIpc) is 3.25. The highest BCUT2D eigenvalue weighted by atomic mass is 35.5. The van der Waals surface area contributed by atoms with Crippen LogP contribution in [-0.2, 0) is 7.05 Å². The van der Waals surface area contributed by atoms with E-state index in [-0.39, 0.29) is 17.6 Å². The standard InChI is InChI=1S/C19H19ClN4O3/c1-22-15-4-3-8-21-17(15)24(19(22)26)13-7-9-23(11-13)18(25)14-10-12(20)5-6-16(14)27-2/h3-6,8,10,13H,7,9,11H2,1-2H3/t13-/m1/s1. The lowest BCUT2D eigenvalue weighted by molar-refractivity contribution is 0.0784. The normalized spacial score (nSPS) is 16.9. The molecule has 1 aliphatic heterocycles. The summed E-state index contributed by atoms with van der Waals surface area (Å²) in [6.07, 6.45) is 2.36. The number of nitrogens with zero attached hydrogens (tertiary/aromatic N) is 4. The maximum Gasteiger partial charge on any atom is 0.330 e. The van der Waals surface area contributed by atoms with E-state index in [0.29, 0.717) is 41.5 Å². The van der Waals surface area contributed by atoms with E-state index >= 15 is 0 Å². The molecule has 1 aliphatic rings. The van der Waals surface area contributed by atoms with Crippen LogP contribution in [0.5, 0.6) is 5.75 Å². The maximum atomic E-state index is 13.0. The molecule has 3 heterocycles. The number of imidazole rings is 1. The molecule has 3 aromatic rings. The number of hydrogen-bond donors (Lipinski definition) is 0. The van der Waals surface area contributed by atoms with Crippen LogP contribution in [0.4, 0.5) is 0 Å². The van der Waals surface area contributed by atoms with Crippen LogP contribution in [0.15, 0.2) is 41.3 Å².